The van der Waals surface area contributed by atoms with Gasteiger partial charge in [0, 0.05) is 9.77 Å². The number of benzene rings is 2. The minimum absolute atomic E-state index is 0.157. The molecule has 1 atom stereocenters. The number of hydrogen-bond donors (Lipinski definition) is 1. The average molecular weight is 486 g/mol. The standard InChI is InChI=1S/C20H13ClIN5/c21-18-16-13(22)10-27(20(16)24-11-23-18)17(12-6-2-1-3-7-12)19-25-14-8-4-5-9-15(14)26-19/h1-11,17H,(H,25,26). The Morgan fingerprint density at radius 3 is 2.59 bits per heavy atom. The molecule has 0 spiro atoms. The molecule has 0 radical (unpaired) electrons. The van der Waals surface area contributed by atoms with Gasteiger partial charge in [0.15, 0.2) is 0 Å². The van der Waals surface area contributed by atoms with Gasteiger partial charge in [-0.2, -0.15) is 0 Å². The molecule has 0 aliphatic heterocycles. The van der Waals surface area contributed by atoms with E-state index in [9.17, 15) is 0 Å². The highest BCUT2D eigenvalue weighted by molar-refractivity contribution is 14.1. The fourth-order valence-corrected chi connectivity index (χ4v) is 4.58. The summed E-state index contributed by atoms with van der Waals surface area (Å²) in [5.74, 6) is 0.852. The number of para-hydroxylation sites is 2. The van der Waals surface area contributed by atoms with Gasteiger partial charge in [-0.1, -0.05) is 54.1 Å². The number of aromatic amines is 1. The fraction of sp³-hybridized carbons (Fsp3) is 0.0500. The first kappa shape index (κ1) is 16.7. The van der Waals surface area contributed by atoms with Gasteiger partial charge >= 0.3 is 0 Å². The third kappa shape index (κ3) is 2.80. The molecule has 3 heterocycles. The van der Waals surface area contributed by atoms with E-state index in [1.165, 1.54) is 6.33 Å². The molecule has 5 rings (SSSR count). The van der Waals surface area contributed by atoms with Crippen molar-refractivity contribution in [3.63, 3.8) is 0 Å². The summed E-state index contributed by atoms with van der Waals surface area (Å²) in [5, 5.41) is 1.32. The quantitative estimate of drug-likeness (QED) is 0.282. The zero-order valence-corrected chi connectivity index (χ0v) is 16.9. The second-order valence-electron chi connectivity index (χ2n) is 6.20. The lowest BCUT2D eigenvalue weighted by molar-refractivity contribution is 0.661. The molecule has 1 N–H and O–H groups in total. The molecule has 0 saturated heterocycles. The molecular weight excluding hydrogens is 473 g/mol. The summed E-state index contributed by atoms with van der Waals surface area (Å²) in [4.78, 5) is 17.0. The van der Waals surface area contributed by atoms with Crippen molar-refractivity contribution in [2.24, 2.45) is 0 Å². The Labute approximate surface area is 173 Å². The first-order chi connectivity index (χ1) is 13.2. The van der Waals surface area contributed by atoms with Crippen LogP contribution in [0.4, 0.5) is 0 Å². The van der Waals surface area contributed by atoms with Crippen LogP contribution in [0.1, 0.15) is 17.4 Å². The summed E-state index contributed by atoms with van der Waals surface area (Å²) in [6.07, 6.45) is 3.55. The van der Waals surface area contributed by atoms with E-state index in [-0.39, 0.29) is 6.04 Å². The molecular formula is C20H13ClIN5. The lowest BCUT2D eigenvalue weighted by atomic mass is 10.1. The van der Waals surface area contributed by atoms with Crippen LogP contribution in [0.25, 0.3) is 22.1 Å². The molecule has 3 aromatic heterocycles. The molecule has 0 fully saturated rings. The highest BCUT2D eigenvalue weighted by Crippen LogP contribution is 2.34. The van der Waals surface area contributed by atoms with Crippen molar-refractivity contribution in [2.45, 2.75) is 6.04 Å². The van der Waals surface area contributed by atoms with E-state index in [2.05, 4.69) is 60.4 Å². The summed E-state index contributed by atoms with van der Waals surface area (Å²) in [5.41, 5.74) is 3.84. The van der Waals surface area contributed by atoms with Crippen LogP contribution < -0.4 is 0 Å². The van der Waals surface area contributed by atoms with Crippen LogP contribution in [0.15, 0.2) is 67.1 Å². The van der Waals surface area contributed by atoms with Crippen LogP contribution in [-0.4, -0.2) is 24.5 Å². The van der Waals surface area contributed by atoms with Gasteiger partial charge in [0.2, 0.25) is 0 Å². The molecule has 5 nitrogen and oxygen atoms in total. The van der Waals surface area contributed by atoms with Crippen LogP contribution >= 0.6 is 34.2 Å². The molecule has 1 unspecified atom stereocenters. The monoisotopic (exact) mass is 485 g/mol. The number of aromatic nitrogens is 5. The maximum atomic E-state index is 6.34. The number of rotatable bonds is 3. The van der Waals surface area contributed by atoms with Gasteiger partial charge in [-0.15, -0.1) is 0 Å². The van der Waals surface area contributed by atoms with Gasteiger partial charge in [-0.3, -0.25) is 0 Å². The van der Waals surface area contributed by atoms with E-state index < -0.39 is 0 Å². The highest BCUT2D eigenvalue weighted by Gasteiger charge is 2.24. The van der Waals surface area contributed by atoms with Crippen LogP contribution in [-0.2, 0) is 0 Å². The molecule has 0 amide bonds. The number of nitrogens with one attached hydrogen (secondary N) is 1. The van der Waals surface area contributed by atoms with Crippen LogP contribution in [0.3, 0.4) is 0 Å². The molecule has 2 aromatic carbocycles. The first-order valence-corrected chi connectivity index (χ1v) is 9.84. The lowest BCUT2D eigenvalue weighted by Gasteiger charge is -2.18. The van der Waals surface area contributed by atoms with Crippen LogP contribution in [0.5, 0.6) is 0 Å². The van der Waals surface area contributed by atoms with Crippen molar-refractivity contribution in [3.05, 3.63) is 87.2 Å². The van der Waals surface area contributed by atoms with Gasteiger partial charge in [-0.25, -0.2) is 15.0 Å². The fourth-order valence-electron chi connectivity index (χ4n) is 3.39. The van der Waals surface area contributed by atoms with Gasteiger partial charge in [0.05, 0.1) is 16.4 Å². The first-order valence-electron chi connectivity index (χ1n) is 8.38. The Bertz CT molecular complexity index is 1230. The number of imidazole rings is 1. The Hall–Kier alpha value is -2.45. The summed E-state index contributed by atoms with van der Waals surface area (Å²) in [7, 11) is 0. The molecule has 0 saturated carbocycles. The minimum atomic E-state index is -0.157. The number of hydrogen-bond acceptors (Lipinski definition) is 3. The summed E-state index contributed by atoms with van der Waals surface area (Å²) in [6, 6.07) is 18.1. The summed E-state index contributed by atoms with van der Waals surface area (Å²) < 4.78 is 3.11. The van der Waals surface area contributed by atoms with Gasteiger partial charge < -0.3 is 9.55 Å². The smallest absolute Gasteiger partial charge is 0.146 e. The third-order valence-corrected chi connectivity index (χ3v) is 5.68. The zero-order chi connectivity index (χ0) is 18.4. The van der Waals surface area contributed by atoms with Gasteiger partial charge in [0.25, 0.3) is 0 Å². The largest absolute Gasteiger partial charge is 0.340 e. The summed E-state index contributed by atoms with van der Waals surface area (Å²) >= 11 is 8.62. The predicted molar refractivity (Wildman–Crippen MR) is 115 cm³/mol. The third-order valence-electron chi connectivity index (χ3n) is 4.58. The molecule has 0 bridgehead atoms. The second-order valence-corrected chi connectivity index (χ2v) is 7.72. The Balaban J connectivity index is 1.80. The maximum absolute atomic E-state index is 6.34. The Morgan fingerprint density at radius 2 is 1.78 bits per heavy atom. The van der Waals surface area contributed by atoms with E-state index >= 15 is 0 Å². The number of H-pyrrole nitrogens is 1. The summed E-state index contributed by atoms with van der Waals surface area (Å²) in [6.45, 7) is 0. The van der Waals surface area contributed by atoms with E-state index in [1.54, 1.807) is 0 Å². The van der Waals surface area contributed by atoms with Crippen molar-refractivity contribution in [3.8, 4) is 0 Å². The molecule has 0 aliphatic carbocycles. The van der Waals surface area contributed by atoms with Gasteiger partial charge in [0.1, 0.15) is 29.0 Å². The molecule has 5 aromatic rings. The lowest BCUT2D eigenvalue weighted by Crippen LogP contribution is -2.13. The maximum Gasteiger partial charge on any atom is 0.146 e. The van der Waals surface area contributed by atoms with Crippen molar-refractivity contribution in [1.29, 1.82) is 0 Å². The van der Waals surface area contributed by atoms with E-state index in [0.717, 1.165) is 37.0 Å². The SMILES string of the molecule is Clc1ncnc2c1c(I)cn2C(c1ccccc1)c1nc2ccccc2[nH]1. The van der Waals surface area contributed by atoms with Crippen molar-refractivity contribution < 1.29 is 0 Å². The van der Waals surface area contributed by atoms with Crippen LogP contribution in [0.2, 0.25) is 5.15 Å². The molecule has 132 valence electrons. The molecule has 7 heteroatoms. The number of nitrogens with zero attached hydrogens (tertiary/aromatic N) is 4. The molecule has 27 heavy (non-hydrogen) atoms. The Morgan fingerprint density at radius 1 is 1.00 bits per heavy atom. The Kier molecular flexibility index (Phi) is 4.09. The second kappa shape index (κ2) is 6.61. The van der Waals surface area contributed by atoms with E-state index in [4.69, 9.17) is 16.6 Å². The van der Waals surface area contributed by atoms with E-state index in [0.29, 0.717) is 5.15 Å². The minimum Gasteiger partial charge on any atom is -0.340 e. The molecule has 0 aliphatic rings. The normalized spacial score (nSPS) is 12.7. The van der Waals surface area contributed by atoms with Crippen LogP contribution in [0, 0.1) is 3.57 Å². The number of halogens is 2. The topological polar surface area (TPSA) is 59.4 Å². The average Bonchev–Trinajstić information content (AvgIpc) is 3.25. The van der Waals surface area contributed by atoms with Crippen molar-refractivity contribution >= 4 is 56.3 Å². The predicted octanol–water partition coefficient (Wildman–Crippen LogP) is 5.20. The highest BCUT2D eigenvalue weighted by atomic mass is 127. The van der Waals surface area contributed by atoms with Crippen molar-refractivity contribution in [2.75, 3.05) is 0 Å². The van der Waals surface area contributed by atoms with Gasteiger partial charge in [-0.05, 0) is 40.3 Å². The van der Waals surface area contributed by atoms with E-state index in [1.807, 2.05) is 42.5 Å². The zero-order valence-electron chi connectivity index (χ0n) is 14.0. The number of fused-ring (bicyclic) bond motifs is 2. The van der Waals surface area contributed by atoms with Crippen molar-refractivity contribution in [1.82, 2.24) is 24.5 Å².